The molecule has 0 aliphatic carbocycles. The molecular weight excluding hydrogens is 432 g/mol. The molecule has 0 unspecified atom stereocenters. The van der Waals surface area contributed by atoms with Gasteiger partial charge < -0.3 is 20.5 Å². The third kappa shape index (κ3) is 8.81. The van der Waals surface area contributed by atoms with Crippen LogP contribution in [-0.2, 0) is 9.59 Å². The minimum absolute atomic E-state index is 0.0379. The van der Waals surface area contributed by atoms with Crippen molar-refractivity contribution in [1.82, 2.24) is 10.6 Å². The predicted molar refractivity (Wildman–Crippen MR) is 124 cm³/mol. The van der Waals surface area contributed by atoms with Crippen molar-refractivity contribution in [3.05, 3.63) is 70.4 Å². The van der Waals surface area contributed by atoms with E-state index in [-0.39, 0.29) is 25.1 Å². The number of halogens is 1. The van der Waals surface area contributed by atoms with Crippen molar-refractivity contribution < 1.29 is 24.2 Å². The highest BCUT2D eigenvalue weighted by Gasteiger charge is 2.15. The zero-order valence-corrected chi connectivity index (χ0v) is 18.7. The summed E-state index contributed by atoms with van der Waals surface area (Å²) in [7, 11) is 0. The number of carboxylic acid groups (broad SMARTS) is 1. The zero-order valence-electron chi connectivity index (χ0n) is 17.9. The Bertz CT molecular complexity index is 940. The second kappa shape index (κ2) is 13.2. The lowest BCUT2D eigenvalue weighted by atomic mass is 10.1. The van der Waals surface area contributed by atoms with E-state index < -0.39 is 17.8 Å². The molecule has 7 nitrogen and oxygen atoms in total. The van der Waals surface area contributed by atoms with E-state index in [2.05, 4.69) is 17.6 Å². The number of amides is 2. The zero-order chi connectivity index (χ0) is 23.3. The SMILES string of the molecule is CCCCOc1ccc(C(=O)N/C(=C/c2ccc(Cl)cc2)C(=O)NCCCC(=O)O)cc1. The van der Waals surface area contributed by atoms with Crippen molar-refractivity contribution in [2.75, 3.05) is 13.2 Å². The van der Waals surface area contributed by atoms with Crippen molar-refractivity contribution in [3.63, 3.8) is 0 Å². The van der Waals surface area contributed by atoms with Gasteiger partial charge in [0.05, 0.1) is 6.61 Å². The van der Waals surface area contributed by atoms with E-state index in [4.69, 9.17) is 21.4 Å². The Hall–Kier alpha value is -3.32. The summed E-state index contributed by atoms with van der Waals surface area (Å²) in [6, 6.07) is 13.5. The monoisotopic (exact) mass is 458 g/mol. The number of hydrogen-bond acceptors (Lipinski definition) is 4. The summed E-state index contributed by atoms with van der Waals surface area (Å²) in [4.78, 5) is 36.0. The molecule has 0 heterocycles. The molecule has 2 aromatic rings. The third-order valence-corrected chi connectivity index (χ3v) is 4.66. The second-order valence-electron chi connectivity index (χ2n) is 7.04. The van der Waals surface area contributed by atoms with Crippen LogP contribution in [0.2, 0.25) is 5.02 Å². The molecule has 0 aromatic heterocycles. The van der Waals surface area contributed by atoms with Crippen LogP contribution in [0.5, 0.6) is 5.75 Å². The van der Waals surface area contributed by atoms with E-state index >= 15 is 0 Å². The van der Waals surface area contributed by atoms with Crippen LogP contribution in [0.3, 0.4) is 0 Å². The molecule has 0 radical (unpaired) electrons. The lowest BCUT2D eigenvalue weighted by Gasteiger charge is -2.12. The highest BCUT2D eigenvalue weighted by atomic mass is 35.5. The fourth-order valence-electron chi connectivity index (χ4n) is 2.65. The lowest BCUT2D eigenvalue weighted by Crippen LogP contribution is -2.35. The van der Waals surface area contributed by atoms with E-state index in [1.165, 1.54) is 6.08 Å². The second-order valence-corrected chi connectivity index (χ2v) is 7.48. The van der Waals surface area contributed by atoms with Crippen LogP contribution in [0.15, 0.2) is 54.2 Å². The molecule has 0 fully saturated rings. The van der Waals surface area contributed by atoms with E-state index in [1.54, 1.807) is 48.5 Å². The summed E-state index contributed by atoms with van der Waals surface area (Å²) in [5, 5.41) is 14.5. The number of ether oxygens (including phenoxy) is 1. The Kier molecular flexibility index (Phi) is 10.3. The van der Waals surface area contributed by atoms with Crippen LogP contribution in [0.1, 0.15) is 48.5 Å². The molecule has 0 aliphatic heterocycles. The van der Waals surface area contributed by atoms with Crippen LogP contribution in [-0.4, -0.2) is 36.0 Å². The van der Waals surface area contributed by atoms with Gasteiger partial charge in [0.1, 0.15) is 11.4 Å². The maximum absolute atomic E-state index is 12.7. The van der Waals surface area contributed by atoms with Crippen molar-refractivity contribution >= 4 is 35.5 Å². The van der Waals surface area contributed by atoms with Gasteiger partial charge in [-0.2, -0.15) is 0 Å². The van der Waals surface area contributed by atoms with Crippen LogP contribution >= 0.6 is 11.6 Å². The molecule has 0 saturated carbocycles. The van der Waals surface area contributed by atoms with Gasteiger partial charge in [-0.05, 0) is 60.9 Å². The molecule has 3 N–H and O–H groups in total. The molecule has 170 valence electrons. The van der Waals surface area contributed by atoms with Gasteiger partial charge in [-0.15, -0.1) is 0 Å². The minimum Gasteiger partial charge on any atom is -0.494 e. The highest BCUT2D eigenvalue weighted by Crippen LogP contribution is 2.15. The smallest absolute Gasteiger partial charge is 0.303 e. The molecular formula is C24H27ClN2O5. The van der Waals surface area contributed by atoms with E-state index in [0.717, 1.165) is 12.8 Å². The van der Waals surface area contributed by atoms with E-state index in [9.17, 15) is 14.4 Å². The minimum atomic E-state index is -0.938. The average molecular weight is 459 g/mol. The number of hydrogen-bond donors (Lipinski definition) is 3. The van der Waals surface area contributed by atoms with E-state index in [0.29, 0.717) is 28.5 Å². The van der Waals surface area contributed by atoms with Crippen LogP contribution < -0.4 is 15.4 Å². The van der Waals surface area contributed by atoms with Gasteiger partial charge in [-0.1, -0.05) is 37.1 Å². The maximum atomic E-state index is 12.7. The molecule has 0 saturated heterocycles. The highest BCUT2D eigenvalue weighted by molar-refractivity contribution is 6.30. The Morgan fingerprint density at radius 3 is 2.34 bits per heavy atom. The first-order valence-corrected chi connectivity index (χ1v) is 10.8. The number of rotatable bonds is 12. The molecule has 2 aromatic carbocycles. The number of unbranched alkanes of at least 4 members (excludes halogenated alkanes) is 1. The van der Waals surface area contributed by atoms with Crippen molar-refractivity contribution in [3.8, 4) is 5.75 Å². The van der Waals surface area contributed by atoms with Gasteiger partial charge in [0, 0.05) is 23.6 Å². The summed E-state index contributed by atoms with van der Waals surface area (Å²) in [5.41, 5.74) is 1.08. The Labute approximate surface area is 192 Å². The van der Waals surface area contributed by atoms with Gasteiger partial charge in [-0.3, -0.25) is 14.4 Å². The third-order valence-electron chi connectivity index (χ3n) is 4.41. The van der Waals surface area contributed by atoms with Gasteiger partial charge >= 0.3 is 5.97 Å². The van der Waals surface area contributed by atoms with Crippen molar-refractivity contribution in [1.29, 1.82) is 0 Å². The van der Waals surface area contributed by atoms with Crippen LogP contribution in [0.25, 0.3) is 6.08 Å². The number of nitrogens with one attached hydrogen (secondary N) is 2. The van der Waals surface area contributed by atoms with Gasteiger partial charge in [-0.25, -0.2) is 0 Å². The van der Waals surface area contributed by atoms with Gasteiger partial charge in [0.2, 0.25) is 0 Å². The van der Waals surface area contributed by atoms with Crippen molar-refractivity contribution in [2.24, 2.45) is 0 Å². The summed E-state index contributed by atoms with van der Waals surface area (Å²) in [5.74, 6) is -1.24. The summed E-state index contributed by atoms with van der Waals surface area (Å²) in [6.45, 7) is 2.86. The quantitative estimate of drug-likeness (QED) is 0.325. The molecule has 0 aliphatic rings. The molecule has 32 heavy (non-hydrogen) atoms. The largest absolute Gasteiger partial charge is 0.494 e. The van der Waals surface area contributed by atoms with Crippen LogP contribution in [0.4, 0.5) is 0 Å². The lowest BCUT2D eigenvalue weighted by molar-refractivity contribution is -0.137. The molecule has 0 atom stereocenters. The summed E-state index contributed by atoms with van der Waals surface area (Å²) < 4.78 is 5.60. The number of carboxylic acids is 1. The fourth-order valence-corrected chi connectivity index (χ4v) is 2.78. The van der Waals surface area contributed by atoms with E-state index in [1.807, 2.05) is 0 Å². The maximum Gasteiger partial charge on any atom is 0.303 e. The number of benzene rings is 2. The summed E-state index contributed by atoms with van der Waals surface area (Å²) >= 11 is 5.91. The first kappa shape index (κ1) is 24.9. The van der Waals surface area contributed by atoms with Crippen LogP contribution in [0, 0.1) is 0 Å². The molecule has 8 heteroatoms. The molecule has 2 amide bonds. The molecule has 2 rings (SSSR count). The topological polar surface area (TPSA) is 105 Å². The molecule has 0 bridgehead atoms. The average Bonchev–Trinajstić information content (AvgIpc) is 2.78. The normalized spacial score (nSPS) is 11.0. The first-order chi connectivity index (χ1) is 15.4. The Morgan fingerprint density at radius 1 is 1.03 bits per heavy atom. The fraction of sp³-hybridized carbons (Fsp3) is 0.292. The molecule has 0 spiro atoms. The standard InChI is InChI=1S/C24H27ClN2O5/c1-2-3-15-32-20-12-8-18(9-13-20)23(30)27-21(16-17-6-10-19(25)11-7-17)24(31)26-14-4-5-22(28)29/h6-13,16H,2-5,14-15H2,1H3,(H,26,31)(H,27,30)(H,28,29)/b21-16+. The predicted octanol–water partition coefficient (Wildman–Crippen LogP) is 4.27. The summed E-state index contributed by atoms with van der Waals surface area (Å²) in [6.07, 6.45) is 3.73. The number of carbonyl (C=O) groups excluding carboxylic acids is 2. The van der Waals surface area contributed by atoms with Gasteiger partial charge in [0.15, 0.2) is 0 Å². The number of carbonyl (C=O) groups is 3. The Morgan fingerprint density at radius 2 is 1.72 bits per heavy atom. The first-order valence-electron chi connectivity index (χ1n) is 10.4. The van der Waals surface area contributed by atoms with Gasteiger partial charge in [0.25, 0.3) is 11.8 Å². The Balaban J connectivity index is 2.10. The van der Waals surface area contributed by atoms with Crippen molar-refractivity contribution in [2.45, 2.75) is 32.6 Å². The number of aliphatic carboxylic acids is 1.